The zero-order chi connectivity index (χ0) is 42.6. The number of fused-ring (bicyclic) bond motifs is 10. The third-order valence-electron chi connectivity index (χ3n) is 19.1. The molecule has 4 spiro atoms. The van der Waals surface area contributed by atoms with Crippen LogP contribution in [0.15, 0.2) is 61.2 Å². The van der Waals surface area contributed by atoms with Crippen molar-refractivity contribution in [2.24, 2.45) is 70.7 Å². The van der Waals surface area contributed by atoms with E-state index < -0.39 is 5.24 Å². The molecule has 1 amide bonds. The predicted molar refractivity (Wildman–Crippen MR) is 217 cm³/mol. The number of nitrogens with one attached hydrogen (secondary N) is 3. The second-order valence-electron chi connectivity index (χ2n) is 19.4. The molecule has 0 saturated heterocycles. The summed E-state index contributed by atoms with van der Waals surface area (Å²) in [7, 11) is 2.90. The molecule has 6 aromatic rings. The summed E-state index contributed by atoms with van der Waals surface area (Å²) in [5.74, 6) is 0.846. The fourth-order valence-electron chi connectivity index (χ4n) is 18.1. The second-order valence-corrected chi connectivity index (χ2v) is 19.8. The van der Waals surface area contributed by atoms with Gasteiger partial charge in [-0.3, -0.25) is 9.59 Å². The van der Waals surface area contributed by atoms with Crippen LogP contribution in [0, 0.1) is 65.0 Å². The first-order chi connectivity index (χ1) is 30.7. The van der Waals surface area contributed by atoms with Gasteiger partial charge in [0.05, 0.1) is 12.7 Å². The van der Waals surface area contributed by atoms with Crippen LogP contribution in [0.3, 0.4) is 0 Å². The van der Waals surface area contributed by atoms with Crippen molar-refractivity contribution in [3.63, 3.8) is 0 Å². The first-order valence-electron chi connectivity index (χ1n) is 21.2. The number of rotatable bonds is 13. The maximum absolute atomic E-state index is 11.4. The van der Waals surface area contributed by atoms with E-state index in [1.807, 2.05) is 48.5 Å². The van der Waals surface area contributed by atoms with Gasteiger partial charge in [-0.25, -0.2) is 9.97 Å². The summed E-state index contributed by atoms with van der Waals surface area (Å²) in [5.41, 5.74) is 38.1. The lowest BCUT2D eigenvalue weighted by molar-refractivity contribution is -0.124. The Morgan fingerprint density at radius 2 is 0.984 bits per heavy atom. The third-order valence-corrected chi connectivity index (χ3v) is 19.2. The highest BCUT2D eigenvalue weighted by Crippen LogP contribution is 4.01. The quantitative estimate of drug-likeness (QED) is 0.0909. The fraction of sp³-hybridized carbons (Fsp3) is 0.455. The van der Waals surface area contributed by atoms with Gasteiger partial charge in [0.25, 0.3) is 0 Å². The smallest absolute Gasteiger partial charge is 0.247 e. The lowest BCUT2D eigenvalue weighted by Gasteiger charge is -2.08. The van der Waals surface area contributed by atoms with Gasteiger partial charge in [0, 0.05) is 92.3 Å². The minimum Gasteiger partial charge on any atom is -0.471 e. The van der Waals surface area contributed by atoms with E-state index in [9.17, 15) is 9.59 Å². The van der Waals surface area contributed by atoms with Gasteiger partial charge >= 0.3 is 0 Å². The summed E-state index contributed by atoms with van der Waals surface area (Å²) in [6, 6.07) is 15.6. The van der Waals surface area contributed by atoms with Crippen LogP contribution in [0.2, 0.25) is 0 Å². The number of carbonyl (C=O) groups excluding carboxylic acids is 2. The molecule has 0 atom stereocenters. The van der Waals surface area contributed by atoms with Crippen molar-refractivity contribution in [3.05, 3.63) is 83.4 Å². The van der Waals surface area contributed by atoms with Crippen LogP contribution in [0.5, 0.6) is 11.8 Å². The Kier molecular flexibility index (Phi) is 4.96. The van der Waals surface area contributed by atoms with Crippen LogP contribution in [0.1, 0.15) is 22.3 Å². The average molecular weight is 865 g/mol. The van der Waals surface area contributed by atoms with Crippen molar-refractivity contribution in [2.45, 2.75) is 26.3 Å². The summed E-state index contributed by atoms with van der Waals surface area (Å²) in [6.45, 7) is 1.73. The number of anilines is 2. The average Bonchev–Trinajstić information content (AvgIpc) is 3.68. The van der Waals surface area contributed by atoms with Gasteiger partial charge in [-0.15, -0.1) is 0 Å². The molecule has 20 rings (SSSR count). The molecule has 14 aliphatic carbocycles. The molecule has 18 nitrogen and oxygen atoms in total. The monoisotopic (exact) mass is 864 g/mol. The number of methoxy groups -OCH3 is 2. The number of aromatic amines is 2. The number of ether oxygens (including phenoxy) is 4. The van der Waals surface area contributed by atoms with Crippen LogP contribution >= 0.6 is 11.6 Å². The number of nitrogens with two attached hydrogens (primary N) is 3. The van der Waals surface area contributed by atoms with Crippen LogP contribution < -0.4 is 32.0 Å². The van der Waals surface area contributed by atoms with E-state index in [-0.39, 0.29) is 31.0 Å². The molecule has 14 saturated carbocycles. The number of nitrogens with zero attached hydrogens (tertiary/aromatic N) is 6. The van der Waals surface area contributed by atoms with E-state index in [1.54, 1.807) is 0 Å². The Morgan fingerprint density at radius 1 is 0.603 bits per heavy atom. The van der Waals surface area contributed by atoms with Crippen molar-refractivity contribution in [1.29, 1.82) is 0 Å². The normalized spacial score (nSPS) is 45.1. The molecular formula is C44H37ClN12O6. The molecule has 0 aliphatic heterocycles. The van der Waals surface area contributed by atoms with Crippen LogP contribution in [-0.4, -0.2) is 78.5 Å². The highest BCUT2D eigenvalue weighted by Gasteiger charge is 4.01. The summed E-state index contributed by atoms with van der Waals surface area (Å²) < 4.78 is 20.5. The van der Waals surface area contributed by atoms with Crippen LogP contribution in [0.25, 0.3) is 22.3 Å². The highest BCUT2D eigenvalue weighted by atomic mass is 35.5. The van der Waals surface area contributed by atoms with Gasteiger partial charge in [0.15, 0.2) is 11.3 Å². The number of amides is 1. The van der Waals surface area contributed by atoms with Gasteiger partial charge in [-0.1, -0.05) is 48.5 Å². The molecule has 14 fully saturated rings. The molecule has 19 heteroatoms. The van der Waals surface area contributed by atoms with Crippen molar-refractivity contribution >= 4 is 57.0 Å². The number of hydrogen-bond donors (Lipinski definition) is 6. The zero-order valence-electron chi connectivity index (χ0n) is 33.8. The Hall–Kier alpha value is -5.95. The summed E-state index contributed by atoms with van der Waals surface area (Å²) in [4.78, 5) is 51.2. The van der Waals surface area contributed by atoms with Gasteiger partial charge in [0.1, 0.15) is 37.5 Å². The van der Waals surface area contributed by atoms with E-state index in [0.717, 1.165) is 22.3 Å². The predicted octanol–water partition coefficient (Wildman–Crippen LogP) is 2.15. The van der Waals surface area contributed by atoms with Crippen molar-refractivity contribution < 1.29 is 28.5 Å². The van der Waals surface area contributed by atoms with Gasteiger partial charge < -0.3 is 51.4 Å². The van der Waals surface area contributed by atoms with E-state index in [4.69, 9.17) is 43.0 Å². The standard InChI is InChI=1S/C16H18N6O3.C13H14N6O.2C6.C3H5ClO2/c1-24-8-12(23)18-6-10-2-4-11(5-3-10)7-25-15-13-14(20-9-19-13)21-16(17)22-15;14-5-8-1-3-9(4-2-8)6-20-12-10-11(17-7-16-10)18-13(15)19-12;2*1-2-3(1)5(1)4(1,2)6(2,3)5;1-6-2-3(4)5/h2-5,9H,6-8H2,1H3,(H,18,23)(H3,17,19,20,21,22);1-4,7H,5-6,14H2,(H3,15,16,17,18,19);;;2H2,1H3. The van der Waals surface area contributed by atoms with Gasteiger partial charge in [0.2, 0.25) is 34.8 Å². The summed E-state index contributed by atoms with van der Waals surface area (Å²) in [6.07, 6.45) is 3.04. The maximum atomic E-state index is 11.4. The van der Waals surface area contributed by atoms with Crippen molar-refractivity contribution in [1.82, 2.24) is 45.2 Å². The SMILES string of the molecule is C123C45C16C21C34C561.C123C45C16C21C34C561.COCC(=O)Cl.COCC(=O)NCc1ccc(COc2nc(N)nc3nc[nH]c23)cc1.NCc1ccc(COc2nc(N)nc3nc[nH]c23)cc1. The first kappa shape index (κ1) is 34.5. The Bertz CT molecular complexity index is 2850. The number of benzene rings is 2. The topological polar surface area (TPSA) is 270 Å². The third kappa shape index (κ3) is 2.33. The molecule has 0 unspecified atom stereocenters. The molecule has 2 aromatic carbocycles. The molecule has 63 heavy (non-hydrogen) atoms. The Morgan fingerprint density at radius 3 is 1.32 bits per heavy atom. The molecule has 316 valence electrons. The number of hydrogen-bond acceptors (Lipinski definition) is 15. The molecule has 4 heterocycles. The summed E-state index contributed by atoms with van der Waals surface area (Å²) in [5, 5.41) is 2.30. The number of carbonyl (C=O) groups is 2. The van der Waals surface area contributed by atoms with E-state index in [2.05, 4.69) is 49.9 Å². The Balaban J connectivity index is 0.0000000794. The minimum atomic E-state index is -0.461. The molecule has 14 aliphatic rings. The number of nitrogen functional groups attached to an aromatic ring is 2. The second kappa shape index (κ2) is 9.04. The van der Waals surface area contributed by atoms with Crippen LogP contribution in [0.4, 0.5) is 11.9 Å². The van der Waals surface area contributed by atoms with Crippen molar-refractivity contribution in [2.75, 3.05) is 38.9 Å². The van der Waals surface area contributed by atoms with E-state index in [0.29, 0.717) is 60.4 Å². The molecule has 16 bridgehead atoms. The minimum absolute atomic E-state index is 0.00154. The highest BCUT2D eigenvalue weighted by molar-refractivity contribution is 6.63. The molecule has 0 radical (unpaired) electrons. The lowest BCUT2D eigenvalue weighted by atomic mass is 10.0. The Labute approximate surface area is 360 Å². The van der Waals surface area contributed by atoms with Gasteiger partial charge in [-0.05, 0) is 33.9 Å². The largest absolute Gasteiger partial charge is 0.471 e. The number of imidazole rings is 2. The zero-order valence-corrected chi connectivity index (χ0v) is 34.5. The number of H-pyrrole nitrogens is 2. The molecule has 4 aromatic heterocycles. The summed E-state index contributed by atoms with van der Waals surface area (Å²) >= 11 is 4.81. The molecule has 9 N–H and O–H groups in total. The number of halogens is 1. The maximum Gasteiger partial charge on any atom is 0.247 e. The van der Waals surface area contributed by atoms with Crippen LogP contribution in [-0.2, 0) is 45.4 Å². The molecular weight excluding hydrogens is 828 g/mol. The van der Waals surface area contributed by atoms with Crippen molar-refractivity contribution in [3.8, 4) is 11.8 Å². The first-order valence-corrected chi connectivity index (χ1v) is 21.5. The lowest BCUT2D eigenvalue weighted by Crippen LogP contribution is -2.26. The van der Waals surface area contributed by atoms with E-state index >= 15 is 0 Å². The number of aromatic nitrogens is 8. The fourth-order valence-corrected chi connectivity index (χ4v) is 18.2. The van der Waals surface area contributed by atoms with Gasteiger partial charge in [-0.2, -0.15) is 19.9 Å². The van der Waals surface area contributed by atoms with E-state index in [1.165, 1.54) is 91.9 Å².